The summed E-state index contributed by atoms with van der Waals surface area (Å²) in [5.74, 6) is 1.84. The molecule has 2 aliphatic carbocycles. The maximum absolute atomic E-state index is 12.1. The number of nitro groups is 1. The Morgan fingerprint density at radius 3 is 2.33 bits per heavy atom. The Morgan fingerprint density at radius 1 is 1.02 bits per heavy atom. The highest BCUT2D eigenvalue weighted by Crippen LogP contribution is 2.45. The predicted octanol–water partition coefficient (Wildman–Crippen LogP) is 5.07. The first-order chi connectivity index (χ1) is 24.7. The van der Waals surface area contributed by atoms with Gasteiger partial charge in [0, 0.05) is 25.2 Å². The van der Waals surface area contributed by atoms with E-state index in [-0.39, 0.29) is 35.4 Å². The van der Waals surface area contributed by atoms with Crippen LogP contribution in [0.25, 0.3) is 0 Å². The molecule has 1 amide bonds. The van der Waals surface area contributed by atoms with Crippen molar-refractivity contribution >= 4 is 40.6 Å². The number of hydrogen-bond donors (Lipinski definition) is 4. The van der Waals surface area contributed by atoms with E-state index in [9.17, 15) is 14.9 Å². The number of hydrogen-bond acceptors (Lipinski definition) is 11. The van der Waals surface area contributed by atoms with Gasteiger partial charge < -0.3 is 36.1 Å². The summed E-state index contributed by atoms with van der Waals surface area (Å²) < 4.78 is 10.8. The van der Waals surface area contributed by atoms with E-state index in [1.807, 2.05) is 0 Å². The second-order valence-electron chi connectivity index (χ2n) is 13.5. The number of allylic oxidation sites excluding steroid dienone is 1. The number of fused-ring (bicyclic) bond motifs is 4. The van der Waals surface area contributed by atoms with Crippen molar-refractivity contribution in [1.29, 1.82) is 0 Å². The molecule has 0 saturated heterocycles. The SMILES string of the molecule is CCCN1CCc2cc(Nc3ncc(Cl)c(N[C@H]4[C@@H](C(N)=O)[C@@H]5C=C[C@H]4C5)n3)c(OC)cc2CC1.COc1cc2c(cc1[N+](=O)[O-])CCNCC2. The highest BCUT2D eigenvalue weighted by Gasteiger charge is 2.47. The fourth-order valence-electron chi connectivity index (χ4n) is 7.82. The van der Waals surface area contributed by atoms with Gasteiger partial charge in [0.1, 0.15) is 10.8 Å². The number of benzene rings is 2. The van der Waals surface area contributed by atoms with Crippen LogP contribution in [0.3, 0.4) is 0 Å². The third kappa shape index (κ3) is 8.21. The van der Waals surface area contributed by atoms with Gasteiger partial charge in [0.05, 0.1) is 36.9 Å². The number of rotatable bonds is 10. The molecule has 51 heavy (non-hydrogen) atoms. The Balaban J connectivity index is 0.000000234. The van der Waals surface area contributed by atoms with Gasteiger partial charge in [-0.15, -0.1) is 0 Å². The van der Waals surface area contributed by atoms with Crippen molar-refractivity contribution in [2.75, 3.05) is 57.6 Å². The molecule has 272 valence electrons. The smallest absolute Gasteiger partial charge is 0.311 e. The van der Waals surface area contributed by atoms with Crippen LogP contribution in [0, 0.1) is 27.9 Å². The molecule has 14 heteroatoms. The second kappa shape index (κ2) is 16.3. The second-order valence-corrected chi connectivity index (χ2v) is 13.9. The molecule has 2 bridgehead atoms. The van der Waals surface area contributed by atoms with Crippen LogP contribution in [-0.2, 0) is 30.5 Å². The van der Waals surface area contributed by atoms with Crippen LogP contribution in [-0.4, -0.2) is 78.7 Å². The van der Waals surface area contributed by atoms with Crippen LogP contribution < -0.4 is 31.2 Å². The fraction of sp³-hybridized carbons (Fsp3) is 0.486. The van der Waals surface area contributed by atoms with E-state index in [4.69, 9.17) is 26.8 Å². The number of carbonyl (C=O) groups is 1. The summed E-state index contributed by atoms with van der Waals surface area (Å²) in [5.41, 5.74) is 11.4. The van der Waals surface area contributed by atoms with Crippen molar-refractivity contribution in [3.05, 3.63) is 80.0 Å². The van der Waals surface area contributed by atoms with Crippen LogP contribution in [0.5, 0.6) is 11.5 Å². The summed E-state index contributed by atoms with van der Waals surface area (Å²) in [6.07, 6.45) is 11.6. The lowest BCUT2D eigenvalue weighted by Gasteiger charge is -2.27. The molecule has 0 radical (unpaired) electrons. The molecule has 4 aliphatic rings. The lowest BCUT2D eigenvalue weighted by molar-refractivity contribution is -0.385. The van der Waals surface area contributed by atoms with Gasteiger partial charge in [0.15, 0.2) is 11.6 Å². The van der Waals surface area contributed by atoms with Crippen molar-refractivity contribution < 1.29 is 19.2 Å². The van der Waals surface area contributed by atoms with Crippen LogP contribution in [0.15, 0.2) is 42.6 Å². The molecular weight excluding hydrogens is 672 g/mol. The third-order valence-electron chi connectivity index (χ3n) is 10.4. The Bertz CT molecular complexity index is 1790. The van der Waals surface area contributed by atoms with E-state index in [0.717, 1.165) is 93.8 Å². The Kier molecular flexibility index (Phi) is 11.6. The van der Waals surface area contributed by atoms with Crippen LogP contribution in [0.2, 0.25) is 5.02 Å². The van der Waals surface area contributed by atoms with Crippen LogP contribution >= 0.6 is 11.6 Å². The van der Waals surface area contributed by atoms with Gasteiger partial charge in [-0.3, -0.25) is 14.9 Å². The fourth-order valence-corrected chi connectivity index (χ4v) is 7.96. The summed E-state index contributed by atoms with van der Waals surface area (Å²) in [6.45, 7) is 7.25. The number of nitro benzene ring substituents is 1. The predicted molar refractivity (Wildman–Crippen MR) is 198 cm³/mol. The van der Waals surface area contributed by atoms with Gasteiger partial charge in [0.2, 0.25) is 11.9 Å². The highest BCUT2D eigenvalue weighted by molar-refractivity contribution is 6.32. The van der Waals surface area contributed by atoms with E-state index in [0.29, 0.717) is 22.5 Å². The van der Waals surface area contributed by atoms with Crippen LogP contribution in [0.1, 0.15) is 42.0 Å². The Hall–Kier alpha value is -4.46. The van der Waals surface area contributed by atoms with Crippen molar-refractivity contribution in [2.24, 2.45) is 23.5 Å². The lowest BCUT2D eigenvalue weighted by atomic mass is 9.88. The molecule has 7 rings (SSSR count). The van der Waals surface area contributed by atoms with Crippen molar-refractivity contribution in [2.45, 2.75) is 51.5 Å². The molecule has 3 aromatic rings. The van der Waals surface area contributed by atoms with Crippen molar-refractivity contribution in [1.82, 2.24) is 20.2 Å². The summed E-state index contributed by atoms with van der Waals surface area (Å²) in [5, 5.41) is 21.2. The number of carbonyl (C=O) groups excluding carboxylic acids is 1. The number of anilines is 3. The standard InChI is InChI=1S/C26H33ClN6O2.C11H14N2O3/c1-3-8-33-9-6-15-12-20(21(35-2)13-16(15)7-10-33)30-26-29-14-19(27)25(32-26)31-23-18-5-4-17(11-18)22(23)24(28)34;1-16-11-7-9-3-5-12-4-2-8(9)6-10(11)13(14)15/h4-5,12-14,17-18,22-23H,3,6-11H2,1-2H3,(H2,28,34)(H2,29,30,31,32);6-7,12H,2-5H2,1H3/t17-,18+,22+,23-;/m1./s1. The average molecular weight is 719 g/mol. The minimum absolute atomic E-state index is 0.0585. The topological polar surface area (TPSA) is 170 Å². The monoisotopic (exact) mass is 718 g/mol. The Morgan fingerprint density at radius 2 is 1.67 bits per heavy atom. The zero-order chi connectivity index (χ0) is 36.1. The maximum atomic E-state index is 12.1. The molecule has 0 spiro atoms. The molecule has 1 fully saturated rings. The minimum Gasteiger partial charge on any atom is -0.495 e. The zero-order valence-corrected chi connectivity index (χ0v) is 30.2. The van der Waals surface area contributed by atoms with Crippen molar-refractivity contribution in [3.8, 4) is 11.5 Å². The van der Waals surface area contributed by atoms with Crippen molar-refractivity contribution in [3.63, 3.8) is 0 Å². The molecule has 2 aromatic carbocycles. The molecule has 3 heterocycles. The zero-order valence-electron chi connectivity index (χ0n) is 29.4. The van der Waals surface area contributed by atoms with Gasteiger partial charge in [-0.25, -0.2) is 4.98 Å². The van der Waals surface area contributed by atoms with E-state index in [2.05, 4.69) is 62.0 Å². The largest absolute Gasteiger partial charge is 0.495 e. The molecule has 1 saturated carbocycles. The first-order valence-electron chi connectivity index (χ1n) is 17.7. The Labute approximate surface area is 303 Å². The number of nitrogens with one attached hydrogen (secondary N) is 3. The van der Waals surface area contributed by atoms with Gasteiger partial charge in [-0.05, 0) is 110 Å². The highest BCUT2D eigenvalue weighted by atomic mass is 35.5. The van der Waals surface area contributed by atoms with E-state index in [1.54, 1.807) is 25.4 Å². The van der Waals surface area contributed by atoms with Gasteiger partial charge >= 0.3 is 5.69 Å². The van der Waals surface area contributed by atoms with E-state index >= 15 is 0 Å². The number of methoxy groups -OCH3 is 2. The average Bonchev–Trinajstić information content (AvgIpc) is 3.57. The minimum atomic E-state index is -0.391. The normalized spacial score (nSPS) is 22.0. The van der Waals surface area contributed by atoms with Gasteiger partial charge in [-0.2, -0.15) is 4.98 Å². The van der Waals surface area contributed by atoms with Gasteiger partial charge in [0.25, 0.3) is 0 Å². The number of primary amides is 1. The number of nitrogens with two attached hydrogens (primary N) is 1. The molecule has 4 atom stereocenters. The number of halogens is 1. The molecule has 5 N–H and O–H groups in total. The maximum Gasteiger partial charge on any atom is 0.311 e. The lowest BCUT2D eigenvalue weighted by Crippen LogP contribution is -2.41. The molecule has 0 unspecified atom stereocenters. The number of amides is 1. The summed E-state index contributed by atoms with van der Waals surface area (Å²) in [7, 11) is 3.14. The van der Waals surface area contributed by atoms with E-state index < -0.39 is 4.92 Å². The molecule has 13 nitrogen and oxygen atoms in total. The number of aromatic nitrogens is 2. The first-order valence-corrected chi connectivity index (χ1v) is 18.1. The quantitative estimate of drug-likeness (QED) is 0.125. The molecule has 1 aromatic heterocycles. The first kappa shape index (κ1) is 36.3. The number of ether oxygens (including phenoxy) is 2. The molecule has 2 aliphatic heterocycles. The summed E-state index contributed by atoms with van der Waals surface area (Å²) >= 11 is 6.44. The van der Waals surface area contributed by atoms with E-state index in [1.165, 1.54) is 18.2 Å². The molecular formula is C37H47ClN8O5. The van der Waals surface area contributed by atoms with Crippen LogP contribution in [0.4, 0.5) is 23.1 Å². The third-order valence-corrected chi connectivity index (χ3v) is 10.7. The number of nitrogens with zero attached hydrogens (tertiary/aromatic N) is 4. The summed E-state index contributed by atoms with van der Waals surface area (Å²) in [4.78, 5) is 34.1. The summed E-state index contributed by atoms with van der Waals surface area (Å²) in [6, 6.07) is 7.58. The van der Waals surface area contributed by atoms with Gasteiger partial charge in [-0.1, -0.05) is 30.7 Å².